The van der Waals surface area contributed by atoms with Crippen LogP contribution >= 0.6 is 0 Å². The van der Waals surface area contributed by atoms with E-state index in [1.165, 1.54) is 0 Å². The summed E-state index contributed by atoms with van der Waals surface area (Å²) in [5.41, 5.74) is 11.2. The molecule has 2 rings (SSSR count). The van der Waals surface area contributed by atoms with Crippen molar-refractivity contribution in [3.8, 4) is 0 Å². The molecule has 0 radical (unpaired) electrons. The van der Waals surface area contributed by atoms with Gasteiger partial charge in [0.2, 0.25) is 17.7 Å². The Morgan fingerprint density at radius 1 is 1.17 bits per heavy atom. The number of amides is 2. The van der Waals surface area contributed by atoms with E-state index in [2.05, 4.69) is 15.5 Å². The Bertz CT molecular complexity index is 671. The number of aromatic nitrogens is 2. The van der Waals surface area contributed by atoms with Crippen molar-refractivity contribution in [1.29, 1.82) is 0 Å². The van der Waals surface area contributed by atoms with Gasteiger partial charge in [-0.15, -0.1) is 10.2 Å². The fourth-order valence-corrected chi connectivity index (χ4v) is 2.21. The van der Waals surface area contributed by atoms with E-state index >= 15 is 0 Å². The van der Waals surface area contributed by atoms with Crippen LogP contribution in [0.5, 0.6) is 0 Å². The van der Waals surface area contributed by atoms with Crippen LogP contribution in [-0.4, -0.2) is 28.6 Å². The van der Waals surface area contributed by atoms with E-state index in [4.69, 9.17) is 15.9 Å². The van der Waals surface area contributed by atoms with Gasteiger partial charge in [0.15, 0.2) is 0 Å². The first-order valence-corrected chi connectivity index (χ1v) is 7.76. The zero-order chi connectivity index (χ0) is 17.4. The van der Waals surface area contributed by atoms with Crippen LogP contribution in [0.4, 0.5) is 0 Å². The largest absolute Gasteiger partial charge is 0.422 e. The zero-order valence-electron chi connectivity index (χ0n) is 13.3. The lowest BCUT2D eigenvalue weighted by Gasteiger charge is -2.15. The van der Waals surface area contributed by atoms with E-state index in [1.54, 1.807) is 24.3 Å². The molecule has 5 N–H and O–H groups in total. The molecule has 8 heteroatoms. The lowest BCUT2D eigenvalue weighted by Crippen LogP contribution is -2.29. The smallest absolute Gasteiger partial charge is 0.251 e. The van der Waals surface area contributed by atoms with E-state index < -0.39 is 11.9 Å². The minimum absolute atomic E-state index is 0.130. The number of hydrogen-bond acceptors (Lipinski definition) is 6. The molecule has 0 bridgehead atoms. The van der Waals surface area contributed by atoms with E-state index in [0.717, 1.165) is 12.8 Å². The van der Waals surface area contributed by atoms with Gasteiger partial charge in [-0.2, -0.15) is 0 Å². The van der Waals surface area contributed by atoms with Crippen molar-refractivity contribution in [3.05, 3.63) is 47.7 Å². The SMILES string of the molecule is NCCCC[C@H](NC(=O)c1ccccc1)c1nnc(CC(N)=O)o1. The first-order chi connectivity index (χ1) is 11.6. The summed E-state index contributed by atoms with van der Waals surface area (Å²) >= 11 is 0. The van der Waals surface area contributed by atoms with E-state index in [9.17, 15) is 9.59 Å². The lowest BCUT2D eigenvalue weighted by atomic mass is 10.1. The van der Waals surface area contributed by atoms with Gasteiger partial charge in [-0.25, -0.2) is 0 Å². The summed E-state index contributed by atoms with van der Waals surface area (Å²) in [5, 5.41) is 10.6. The van der Waals surface area contributed by atoms with E-state index in [0.29, 0.717) is 18.5 Å². The monoisotopic (exact) mass is 331 g/mol. The van der Waals surface area contributed by atoms with Gasteiger partial charge in [0.05, 0.1) is 0 Å². The summed E-state index contributed by atoms with van der Waals surface area (Å²) in [6.07, 6.45) is 2.09. The Morgan fingerprint density at radius 2 is 1.92 bits per heavy atom. The fraction of sp³-hybridized carbons (Fsp3) is 0.375. The van der Waals surface area contributed by atoms with Crippen LogP contribution < -0.4 is 16.8 Å². The molecule has 0 aliphatic heterocycles. The summed E-state index contributed by atoms with van der Waals surface area (Å²) in [7, 11) is 0. The Morgan fingerprint density at radius 3 is 2.58 bits per heavy atom. The first-order valence-electron chi connectivity index (χ1n) is 7.76. The molecule has 1 atom stereocenters. The Kier molecular flexibility index (Phi) is 6.44. The number of hydrogen-bond donors (Lipinski definition) is 3. The quantitative estimate of drug-likeness (QED) is 0.578. The number of rotatable bonds is 9. The third kappa shape index (κ3) is 5.17. The molecule has 0 unspecified atom stereocenters. The summed E-state index contributed by atoms with van der Waals surface area (Å²) in [6, 6.07) is 8.41. The van der Waals surface area contributed by atoms with Crippen molar-refractivity contribution < 1.29 is 14.0 Å². The van der Waals surface area contributed by atoms with Gasteiger partial charge >= 0.3 is 0 Å². The van der Waals surface area contributed by atoms with Crippen LogP contribution in [0.3, 0.4) is 0 Å². The molecule has 1 aromatic heterocycles. The number of nitrogens with one attached hydrogen (secondary N) is 1. The Labute approximate surface area is 139 Å². The lowest BCUT2D eigenvalue weighted by molar-refractivity contribution is -0.117. The number of primary amides is 1. The van der Waals surface area contributed by atoms with Crippen LogP contribution in [0.25, 0.3) is 0 Å². The van der Waals surface area contributed by atoms with Crippen molar-refractivity contribution in [1.82, 2.24) is 15.5 Å². The predicted octanol–water partition coefficient (Wildman–Crippen LogP) is 0.697. The second-order valence-corrected chi connectivity index (χ2v) is 5.35. The number of unbranched alkanes of at least 4 members (excludes halogenated alkanes) is 1. The maximum atomic E-state index is 12.3. The van der Waals surface area contributed by atoms with Crippen LogP contribution in [0, 0.1) is 0 Å². The van der Waals surface area contributed by atoms with Gasteiger partial charge in [-0.1, -0.05) is 18.2 Å². The number of carbonyl (C=O) groups is 2. The topological polar surface area (TPSA) is 137 Å². The molecule has 0 fully saturated rings. The predicted molar refractivity (Wildman–Crippen MR) is 86.8 cm³/mol. The molecular formula is C16H21N5O3. The molecule has 0 saturated carbocycles. The molecule has 0 saturated heterocycles. The number of nitrogens with zero attached hydrogens (tertiary/aromatic N) is 2. The third-order valence-corrected chi connectivity index (χ3v) is 3.39. The molecule has 0 aliphatic carbocycles. The Hall–Kier alpha value is -2.74. The molecule has 128 valence electrons. The maximum Gasteiger partial charge on any atom is 0.251 e. The number of carbonyl (C=O) groups excluding carboxylic acids is 2. The van der Waals surface area contributed by atoms with Crippen molar-refractivity contribution in [2.45, 2.75) is 31.7 Å². The molecular weight excluding hydrogens is 310 g/mol. The normalized spacial score (nSPS) is 11.9. The second-order valence-electron chi connectivity index (χ2n) is 5.35. The molecule has 0 aliphatic rings. The van der Waals surface area contributed by atoms with Crippen molar-refractivity contribution in [3.63, 3.8) is 0 Å². The van der Waals surface area contributed by atoms with Crippen molar-refractivity contribution >= 4 is 11.8 Å². The van der Waals surface area contributed by atoms with Crippen molar-refractivity contribution in [2.75, 3.05) is 6.54 Å². The average molecular weight is 331 g/mol. The van der Waals surface area contributed by atoms with Gasteiger partial charge < -0.3 is 21.2 Å². The highest BCUT2D eigenvalue weighted by atomic mass is 16.4. The molecule has 24 heavy (non-hydrogen) atoms. The minimum Gasteiger partial charge on any atom is -0.422 e. The molecule has 1 heterocycles. The van der Waals surface area contributed by atoms with Crippen LogP contribution in [0.1, 0.15) is 47.4 Å². The summed E-state index contributed by atoms with van der Waals surface area (Å²) in [6.45, 7) is 0.566. The highest BCUT2D eigenvalue weighted by Gasteiger charge is 2.21. The standard InChI is InChI=1S/C16H21N5O3/c17-9-5-4-8-12(16-21-20-14(24-16)10-13(18)22)19-15(23)11-6-2-1-3-7-11/h1-3,6-7,12H,4-5,8-10,17H2,(H2,18,22)(H,19,23)/t12-/m0/s1. The maximum absolute atomic E-state index is 12.3. The summed E-state index contributed by atoms with van der Waals surface area (Å²) in [4.78, 5) is 23.3. The molecule has 0 spiro atoms. The minimum atomic E-state index is -0.557. The fourth-order valence-electron chi connectivity index (χ4n) is 2.21. The third-order valence-electron chi connectivity index (χ3n) is 3.39. The molecule has 8 nitrogen and oxygen atoms in total. The van der Waals surface area contributed by atoms with Gasteiger partial charge in [-0.05, 0) is 37.9 Å². The molecule has 1 aromatic carbocycles. The van der Waals surface area contributed by atoms with E-state index in [1.807, 2.05) is 6.07 Å². The van der Waals surface area contributed by atoms with Gasteiger partial charge in [-0.3, -0.25) is 9.59 Å². The Balaban J connectivity index is 2.10. The average Bonchev–Trinajstić information content (AvgIpc) is 3.02. The van der Waals surface area contributed by atoms with Gasteiger partial charge in [0, 0.05) is 5.56 Å². The molecule has 2 aromatic rings. The second kappa shape index (κ2) is 8.78. The van der Waals surface area contributed by atoms with Crippen LogP contribution in [0.15, 0.2) is 34.7 Å². The van der Waals surface area contributed by atoms with Gasteiger partial charge in [0.1, 0.15) is 12.5 Å². The highest BCUT2D eigenvalue weighted by molar-refractivity contribution is 5.94. The van der Waals surface area contributed by atoms with Crippen LogP contribution in [0.2, 0.25) is 0 Å². The zero-order valence-corrected chi connectivity index (χ0v) is 13.3. The van der Waals surface area contributed by atoms with Crippen molar-refractivity contribution in [2.24, 2.45) is 11.5 Å². The number of benzene rings is 1. The van der Waals surface area contributed by atoms with E-state index in [-0.39, 0.29) is 24.1 Å². The van der Waals surface area contributed by atoms with Gasteiger partial charge in [0.25, 0.3) is 5.91 Å². The molecule has 2 amide bonds. The summed E-state index contributed by atoms with van der Waals surface area (Å²) < 4.78 is 5.46. The number of nitrogens with two attached hydrogens (primary N) is 2. The first kappa shape index (κ1) is 17.6. The highest BCUT2D eigenvalue weighted by Crippen LogP contribution is 2.19. The summed E-state index contributed by atoms with van der Waals surface area (Å²) in [5.74, 6) is -0.399. The van der Waals surface area contributed by atoms with Crippen LogP contribution in [-0.2, 0) is 11.2 Å².